The van der Waals surface area contributed by atoms with Gasteiger partial charge in [0.05, 0.1) is 0 Å². The second kappa shape index (κ2) is 9.67. The summed E-state index contributed by atoms with van der Waals surface area (Å²) in [4.78, 5) is 4.03. The summed E-state index contributed by atoms with van der Waals surface area (Å²) in [7, 11) is 0. The number of nitrogens with zero attached hydrogens (tertiary/aromatic N) is 1. The van der Waals surface area contributed by atoms with Gasteiger partial charge in [-0.15, -0.1) is 24.2 Å². The third kappa shape index (κ3) is 5.28. The van der Waals surface area contributed by atoms with Crippen molar-refractivity contribution < 1.29 is 0 Å². The van der Waals surface area contributed by atoms with Crippen LogP contribution in [0.3, 0.4) is 0 Å². The number of piperidine rings is 1. The molecule has 0 aliphatic carbocycles. The van der Waals surface area contributed by atoms with Crippen LogP contribution in [-0.2, 0) is 6.54 Å². The number of hydrogen-bond acceptors (Lipinski definition) is 3. The van der Waals surface area contributed by atoms with Crippen LogP contribution < -0.4 is 5.32 Å². The summed E-state index contributed by atoms with van der Waals surface area (Å²) in [6, 6.07) is 9.82. The van der Waals surface area contributed by atoms with Crippen molar-refractivity contribution in [3.8, 4) is 0 Å². The molecule has 114 valence electrons. The maximum atomic E-state index is 3.46. The molecule has 0 aromatic heterocycles. The monoisotopic (exact) mass is 314 g/mol. The Hall–Kier alpha value is -0.220. The molecule has 0 saturated carbocycles. The zero-order chi connectivity index (χ0) is 13.5. The maximum absolute atomic E-state index is 3.46. The van der Waals surface area contributed by atoms with Crippen LogP contribution in [0.2, 0.25) is 0 Å². The first-order chi connectivity index (χ1) is 9.33. The second-order valence-corrected chi connectivity index (χ2v) is 6.18. The van der Waals surface area contributed by atoms with E-state index in [0.717, 1.165) is 12.6 Å². The molecule has 1 aliphatic rings. The summed E-state index contributed by atoms with van der Waals surface area (Å²) in [6.45, 7) is 6.96. The highest BCUT2D eigenvalue weighted by Crippen LogP contribution is 2.19. The van der Waals surface area contributed by atoms with Gasteiger partial charge in [0, 0.05) is 17.5 Å². The molecular formula is C16H27ClN2S. The molecule has 1 saturated heterocycles. The van der Waals surface area contributed by atoms with Crippen molar-refractivity contribution in [2.75, 3.05) is 25.9 Å². The first-order valence-corrected chi connectivity index (χ1v) is 8.63. The average Bonchev–Trinajstić information content (AvgIpc) is 2.48. The molecule has 0 amide bonds. The highest BCUT2D eigenvalue weighted by atomic mass is 35.5. The molecule has 0 radical (unpaired) electrons. The van der Waals surface area contributed by atoms with Crippen molar-refractivity contribution in [3.05, 3.63) is 29.8 Å². The molecule has 0 bridgehead atoms. The van der Waals surface area contributed by atoms with Crippen LogP contribution in [0.15, 0.2) is 29.2 Å². The Kier molecular flexibility index (Phi) is 8.62. The average molecular weight is 315 g/mol. The van der Waals surface area contributed by atoms with Gasteiger partial charge in [0.15, 0.2) is 0 Å². The van der Waals surface area contributed by atoms with Gasteiger partial charge in [-0.3, -0.25) is 4.90 Å². The lowest BCUT2D eigenvalue weighted by Crippen LogP contribution is -2.43. The molecule has 4 heteroatoms. The summed E-state index contributed by atoms with van der Waals surface area (Å²) in [5, 5.41) is 3.46. The number of halogens is 1. The van der Waals surface area contributed by atoms with E-state index in [1.165, 1.54) is 49.4 Å². The molecule has 1 fully saturated rings. The van der Waals surface area contributed by atoms with Crippen LogP contribution in [0.5, 0.6) is 0 Å². The highest BCUT2D eigenvalue weighted by molar-refractivity contribution is 7.98. The van der Waals surface area contributed by atoms with Gasteiger partial charge in [-0.1, -0.05) is 19.1 Å². The highest BCUT2D eigenvalue weighted by Gasteiger charge is 2.20. The maximum Gasteiger partial charge on any atom is 0.0236 e. The smallest absolute Gasteiger partial charge is 0.0236 e. The Balaban J connectivity index is 0.00000200. The van der Waals surface area contributed by atoms with Gasteiger partial charge >= 0.3 is 0 Å². The van der Waals surface area contributed by atoms with Gasteiger partial charge in [-0.25, -0.2) is 0 Å². The van der Waals surface area contributed by atoms with Crippen LogP contribution in [-0.4, -0.2) is 36.8 Å². The van der Waals surface area contributed by atoms with Gasteiger partial charge in [0.1, 0.15) is 0 Å². The zero-order valence-corrected chi connectivity index (χ0v) is 14.2. The van der Waals surface area contributed by atoms with E-state index in [4.69, 9.17) is 0 Å². The van der Waals surface area contributed by atoms with Crippen LogP contribution >= 0.6 is 24.2 Å². The van der Waals surface area contributed by atoms with Gasteiger partial charge in [0.25, 0.3) is 0 Å². The van der Waals surface area contributed by atoms with Crippen molar-refractivity contribution in [1.29, 1.82) is 0 Å². The molecule has 20 heavy (non-hydrogen) atoms. The van der Waals surface area contributed by atoms with Crippen molar-refractivity contribution in [3.63, 3.8) is 0 Å². The van der Waals surface area contributed by atoms with E-state index in [1.807, 2.05) is 11.8 Å². The molecule has 0 atom stereocenters. The van der Waals surface area contributed by atoms with Gasteiger partial charge in [0.2, 0.25) is 0 Å². The Morgan fingerprint density at radius 2 is 1.85 bits per heavy atom. The van der Waals surface area contributed by atoms with E-state index in [9.17, 15) is 0 Å². The number of rotatable bonds is 6. The van der Waals surface area contributed by atoms with E-state index < -0.39 is 0 Å². The second-order valence-electron chi connectivity index (χ2n) is 5.30. The minimum Gasteiger partial charge on any atom is -0.317 e. The Morgan fingerprint density at radius 3 is 2.40 bits per heavy atom. The normalized spacial score (nSPS) is 16.1. The molecule has 1 aliphatic heterocycles. The van der Waals surface area contributed by atoms with E-state index in [-0.39, 0.29) is 12.4 Å². The SMILES string of the molecule is CCCN(Cc1ccc(SC)cc1)C1CCNCC1.Cl. The van der Waals surface area contributed by atoms with Gasteiger partial charge < -0.3 is 5.32 Å². The fourth-order valence-electron chi connectivity index (χ4n) is 2.82. The van der Waals surface area contributed by atoms with Crippen LogP contribution in [0, 0.1) is 0 Å². The molecule has 2 nitrogen and oxygen atoms in total. The van der Waals surface area contributed by atoms with Crippen molar-refractivity contribution in [1.82, 2.24) is 10.2 Å². The number of nitrogens with one attached hydrogen (secondary N) is 1. The number of benzene rings is 1. The summed E-state index contributed by atoms with van der Waals surface area (Å²) in [5.74, 6) is 0. The Labute approximate surface area is 134 Å². The minimum atomic E-state index is 0. The van der Waals surface area contributed by atoms with Gasteiger partial charge in [-0.05, 0) is 62.8 Å². The lowest BCUT2D eigenvalue weighted by atomic mass is 10.0. The fraction of sp³-hybridized carbons (Fsp3) is 0.625. The molecule has 0 unspecified atom stereocenters. The van der Waals surface area contributed by atoms with E-state index in [0.29, 0.717) is 0 Å². The van der Waals surface area contributed by atoms with Crippen LogP contribution in [0.4, 0.5) is 0 Å². The topological polar surface area (TPSA) is 15.3 Å². The Bertz CT molecular complexity index is 363. The molecular weight excluding hydrogens is 288 g/mol. The van der Waals surface area contributed by atoms with Crippen molar-refractivity contribution in [2.24, 2.45) is 0 Å². The van der Waals surface area contributed by atoms with Crippen molar-refractivity contribution >= 4 is 24.2 Å². The zero-order valence-electron chi connectivity index (χ0n) is 12.6. The third-order valence-corrected chi connectivity index (χ3v) is 4.62. The first-order valence-electron chi connectivity index (χ1n) is 7.41. The quantitative estimate of drug-likeness (QED) is 0.804. The van der Waals surface area contributed by atoms with Gasteiger partial charge in [-0.2, -0.15) is 0 Å². The summed E-state index contributed by atoms with van der Waals surface area (Å²) in [5.41, 5.74) is 1.45. The molecule has 1 aromatic carbocycles. The summed E-state index contributed by atoms with van der Waals surface area (Å²) >= 11 is 1.81. The van der Waals surface area contributed by atoms with Crippen LogP contribution in [0.25, 0.3) is 0 Å². The molecule has 1 aromatic rings. The fourth-order valence-corrected chi connectivity index (χ4v) is 3.22. The molecule has 2 rings (SSSR count). The Morgan fingerprint density at radius 1 is 1.20 bits per heavy atom. The van der Waals surface area contributed by atoms with Crippen LogP contribution in [0.1, 0.15) is 31.7 Å². The largest absolute Gasteiger partial charge is 0.317 e. The summed E-state index contributed by atoms with van der Waals surface area (Å²) < 4.78 is 0. The van der Waals surface area contributed by atoms with E-state index >= 15 is 0 Å². The predicted octanol–water partition coefficient (Wildman–Crippen LogP) is 3.79. The third-order valence-electron chi connectivity index (χ3n) is 3.88. The predicted molar refractivity (Wildman–Crippen MR) is 92.1 cm³/mol. The first kappa shape index (κ1) is 17.8. The molecule has 1 heterocycles. The molecule has 1 N–H and O–H groups in total. The minimum absolute atomic E-state index is 0. The standard InChI is InChI=1S/C16H26N2S.ClH/c1-3-12-18(15-8-10-17-11-9-15)13-14-4-6-16(19-2)7-5-14;/h4-7,15,17H,3,8-13H2,1-2H3;1H. The number of thioether (sulfide) groups is 1. The lowest BCUT2D eigenvalue weighted by molar-refractivity contribution is 0.154. The molecule has 0 spiro atoms. The van der Waals surface area contributed by atoms with Crippen molar-refractivity contribution in [2.45, 2.75) is 43.7 Å². The van der Waals surface area contributed by atoms with E-state index in [1.54, 1.807) is 0 Å². The lowest BCUT2D eigenvalue weighted by Gasteiger charge is -2.34. The summed E-state index contributed by atoms with van der Waals surface area (Å²) in [6.07, 6.45) is 5.96. The number of hydrogen-bond donors (Lipinski definition) is 1. The van der Waals surface area contributed by atoms with E-state index in [2.05, 4.69) is 47.7 Å².